The van der Waals surface area contributed by atoms with Crippen molar-refractivity contribution in [3.05, 3.63) is 0 Å². The van der Waals surface area contributed by atoms with Crippen molar-refractivity contribution < 1.29 is 4.43 Å². The fourth-order valence-corrected chi connectivity index (χ4v) is 2.74. The summed E-state index contributed by atoms with van der Waals surface area (Å²) >= 11 is 2.11. The fourth-order valence-electron chi connectivity index (χ4n) is 1.19. The molecule has 1 nitrogen and oxygen atoms in total. The second-order valence-corrected chi connectivity index (χ2v) is 11.2. The van der Waals surface area contributed by atoms with Crippen LogP contribution in [0.25, 0.3) is 0 Å². The summed E-state index contributed by atoms with van der Waals surface area (Å²) in [5.41, 5.74) is 0. The first kappa shape index (κ1) is 13.5. The summed E-state index contributed by atoms with van der Waals surface area (Å²) in [6, 6.07) is 0. The molecule has 0 N–H and O–H groups in total. The van der Waals surface area contributed by atoms with Gasteiger partial charge in [0.15, 0.2) is 8.32 Å². The van der Waals surface area contributed by atoms with Crippen LogP contribution in [0.3, 0.4) is 0 Å². The minimum absolute atomic E-state index is 0.197. The topological polar surface area (TPSA) is 9.23 Å². The molecule has 1 unspecified atom stereocenters. The van der Waals surface area contributed by atoms with E-state index in [-0.39, 0.29) is 11.1 Å². The van der Waals surface area contributed by atoms with E-state index in [2.05, 4.69) is 66.3 Å². The summed E-state index contributed by atoms with van der Waals surface area (Å²) in [7, 11) is -1.63. The maximum Gasteiger partial charge on any atom is 0.193 e. The Morgan fingerprint density at radius 1 is 1.33 bits per heavy atom. The molecule has 0 aromatic carbocycles. The Morgan fingerprint density at radius 3 is 2.20 bits per heavy atom. The Morgan fingerprint density at radius 2 is 1.87 bits per heavy atom. The van der Waals surface area contributed by atoms with Gasteiger partial charge in [-0.2, -0.15) is 0 Å². The predicted octanol–water partition coefficient (Wildman–Crippen LogP) is 4.18. The van der Waals surface area contributed by atoms with Gasteiger partial charge in [0.2, 0.25) is 0 Å². The Kier molecular flexibility index (Phi) is 4.30. The van der Waals surface area contributed by atoms with Crippen LogP contribution < -0.4 is 0 Å². The minimum atomic E-state index is -1.63. The molecule has 86 valence electrons. The summed E-state index contributed by atoms with van der Waals surface area (Å²) < 4.78 is 9.31. The second kappa shape index (κ2) is 4.76. The highest BCUT2D eigenvalue weighted by Crippen LogP contribution is 2.41. The molecule has 1 rings (SSSR count). The van der Waals surface area contributed by atoms with Gasteiger partial charge >= 0.3 is 0 Å². The van der Waals surface area contributed by atoms with Gasteiger partial charge in [-0.05, 0) is 40.8 Å². The first-order chi connectivity index (χ1) is 6.78. The Hall–Kier alpha value is 0.467. The first-order valence-electron chi connectivity index (χ1n) is 5.57. The molecule has 1 aliphatic rings. The van der Waals surface area contributed by atoms with Crippen LogP contribution >= 0.6 is 22.6 Å². The molecule has 0 spiro atoms. The third kappa shape index (κ3) is 3.76. The number of halogens is 1. The van der Waals surface area contributed by atoms with Crippen molar-refractivity contribution >= 4 is 30.9 Å². The minimum Gasteiger partial charge on any atom is -0.403 e. The molecular weight excluding hydrogens is 315 g/mol. The van der Waals surface area contributed by atoms with Gasteiger partial charge in [-0.3, -0.25) is 0 Å². The van der Waals surface area contributed by atoms with Gasteiger partial charge < -0.3 is 4.43 Å². The van der Waals surface area contributed by atoms with Crippen LogP contribution in [-0.2, 0) is 4.43 Å². The van der Waals surface area contributed by atoms with Crippen LogP contribution in [0.1, 0.15) is 33.6 Å². The molecule has 0 aromatic rings. The van der Waals surface area contributed by atoms with E-state index in [0.29, 0.717) is 5.92 Å². The maximum absolute atomic E-state index is 6.33. The fraction of sp³-hybridized carbons (Fsp3) is 0.833. The smallest absolute Gasteiger partial charge is 0.193 e. The van der Waals surface area contributed by atoms with Gasteiger partial charge in [0, 0.05) is 22.6 Å². The van der Waals surface area contributed by atoms with Gasteiger partial charge in [0.05, 0.1) is 0 Å². The van der Waals surface area contributed by atoms with Crippen molar-refractivity contribution in [3.63, 3.8) is 0 Å². The van der Waals surface area contributed by atoms with E-state index in [9.17, 15) is 0 Å². The zero-order valence-electron chi connectivity index (χ0n) is 10.4. The van der Waals surface area contributed by atoms with Gasteiger partial charge in [-0.25, -0.2) is 0 Å². The van der Waals surface area contributed by atoms with Crippen LogP contribution in [-0.4, -0.2) is 14.4 Å². The first-order valence-corrected chi connectivity index (χ1v) is 9.55. The molecule has 1 fully saturated rings. The molecule has 0 amide bonds. The normalized spacial score (nSPS) is 19.3. The average molecular weight is 336 g/mol. The van der Waals surface area contributed by atoms with E-state index in [4.69, 9.17) is 4.43 Å². The van der Waals surface area contributed by atoms with E-state index >= 15 is 0 Å². The Bertz CT molecular complexity index is 278. The van der Waals surface area contributed by atoms with Gasteiger partial charge in [0.25, 0.3) is 0 Å². The van der Waals surface area contributed by atoms with E-state index in [0.717, 1.165) is 0 Å². The predicted molar refractivity (Wildman–Crippen MR) is 76.6 cm³/mol. The number of rotatable bonds is 3. The van der Waals surface area contributed by atoms with E-state index in [1.165, 1.54) is 12.8 Å². The summed E-state index contributed by atoms with van der Waals surface area (Å²) in [6.07, 6.45) is 2.79. The van der Waals surface area contributed by atoms with Crippen molar-refractivity contribution in [2.45, 2.75) is 57.8 Å². The van der Waals surface area contributed by atoms with Crippen LogP contribution in [0.5, 0.6) is 0 Å². The number of hydrogen-bond acceptors (Lipinski definition) is 1. The lowest BCUT2D eigenvalue weighted by Gasteiger charge is -2.38. The maximum atomic E-state index is 6.33. The molecule has 0 aromatic heterocycles. The lowest BCUT2D eigenvalue weighted by molar-refractivity contribution is 0.212. The monoisotopic (exact) mass is 336 g/mol. The summed E-state index contributed by atoms with van der Waals surface area (Å²) in [4.78, 5) is 0. The van der Waals surface area contributed by atoms with E-state index in [1.54, 1.807) is 0 Å². The molecule has 0 aliphatic heterocycles. The van der Waals surface area contributed by atoms with Crippen molar-refractivity contribution in [1.82, 2.24) is 0 Å². The molecule has 1 atom stereocenters. The van der Waals surface area contributed by atoms with Crippen LogP contribution in [0.2, 0.25) is 18.1 Å². The van der Waals surface area contributed by atoms with Crippen molar-refractivity contribution in [2.24, 2.45) is 5.92 Å². The van der Waals surface area contributed by atoms with Crippen LogP contribution in [0, 0.1) is 15.8 Å². The lowest BCUT2D eigenvalue weighted by atomic mass is 10.2. The molecule has 3 heteroatoms. The third-order valence-corrected chi connectivity index (χ3v) is 8.24. The highest BCUT2D eigenvalue weighted by Gasteiger charge is 2.42. The molecule has 1 aliphatic carbocycles. The average Bonchev–Trinajstić information content (AvgIpc) is 2.82. The molecule has 1 saturated carbocycles. The van der Waals surface area contributed by atoms with E-state index < -0.39 is 8.32 Å². The number of hydrogen-bond donors (Lipinski definition) is 0. The molecule has 0 bridgehead atoms. The molecular formula is C12H21IOSi. The van der Waals surface area contributed by atoms with Crippen LogP contribution in [0.4, 0.5) is 0 Å². The SMILES string of the molecule is CC(C)(C)[Si](C)(C)OC(C#CI)C1CC1. The highest BCUT2D eigenvalue weighted by molar-refractivity contribution is 14.1. The zero-order chi connectivity index (χ0) is 11.7. The van der Waals surface area contributed by atoms with Crippen molar-refractivity contribution in [2.75, 3.05) is 0 Å². The summed E-state index contributed by atoms with van der Waals surface area (Å²) in [5, 5.41) is 0.285. The quantitative estimate of drug-likeness (QED) is 0.427. The van der Waals surface area contributed by atoms with Gasteiger partial charge in [0.1, 0.15) is 6.10 Å². The molecule has 0 heterocycles. The van der Waals surface area contributed by atoms with Crippen molar-refractivity contribution in [1.29, 1.82) is 0 Å². The van der Waals surface area contributed by atoms with Crippen LogP contribution in [0.15, 0.2) is 0 Å². The summed E-state index contributed by atoms with van der Waals surface area (Å²) in [5.74, 6) is 3.93. The van der Waals surface area contributed by atoms with Gasteiger partial charge in [-0.1, -0.05) is 26.7 Å². The molecule has 0 radical (unpaired) electrons. The second-order valence-electron chi connectivity index (χ2n) is 5.88. The van der Waals surface area contributed by atoms with Crippen molar-refractivity contribution in [3.8, 4) is 9.85 Å². The zero-order valence-corrected chi connectivity index (χ0v) is 13.5. The van der Waals surface area contributed by atoms with E-state index in [1.807, 2.05) is 0 Å². The summed E-state index contributed by atoms with van der Waals surface area (Å²) in [6.45, 7) is 11.4. The molecule has 0 saturated heterocycles. The largest absolute Gasteiger partial charge is 0.403 e. The highest BCUT2D eigenvalue weighted by atomic mass is 127. The Balaban J connectivity index is 2.67. The third-order valence-electron chi connectivity index (χ3n) is 3.47. The lowest BCUT2D eigenvalue weighted by Crippen LogP contribution is -2.44. The van der Waals surface area contributed by atoms with Gasteiger partial charge in [-0.15, -0.1) is 0 Å². The Labute approximate surface area is 109 Å². The standard InChI is InChI=1S/C12H21IOSi/c1-12(2,3)15(4,5)14-11(8-9-13)10-6-7-10/h10-11H,6-7H2,1-5H3. The molecule has 15 heavy (non-hydrogen) atoms.